The zero-order valence-electron chi connectivity index (χ0n) is 16.2. The molecule has 2 saturated heterocycles. The Morgan fingerprint density at radius 1 is 1.14 bits per heavy atom. The van der Waals surface area contributed by atoms with Gasteiger partial charge in [-0.1, -0.05) is 6.04 Å². The lowest BCUT2D eigenvalue weighted by Gasteiger charge is -2.32. The fourth-order valence-electron chi connectivity index (χ4n) is 2.58. The lowest BCUT2D eigenvalue weighted by atomic mass is 9.83. The maximum absolute atomic E-state index is 8.22. The lowest BCUT2D eigenvalue weighted by Crippen LogP contribution is -2.41. The summed E-state index contributed by atoms with van der Waals surface area (Å²) in [5.41, 5.74) is -0.209. The summed E-state index contributed by atoms with van der Waals surface area (Å²) in [5, 5.41) is 0. The summed E-state index contributed by atoms with van der Waals surface area (Å²) >= 11 is 0. The maximum atomic E-state index is 8.22. The Kier molecular flexibility index (Phi) is 2.98. The summed E-state index contributed by atoms with van der Waals surface area (Å²) in [4.78, 5) is 4.57. The molecule has 4 nitrogen and oxygen atoms in total. The van der Waals surface area contributed by atoms with Gasteiger partial charge in [0.1, 0.15) is 0 Å². The molecule has 2 aliphatic heterocycles. The van der Waals surface area contributed by atoms with Crippen molar-refractivity contribution in [1.29, 1.82) is 0 Å². The highest BCUT2D eigenvalue weighted by molar-refractivity contribution is 6.61. The molecule has 114 valence electrons. The molecule has 1 aromatic heterocycles. The van der Waals surface area contributed by atoms with E-state index in [1.54, 1.807) is 0 Å². The monoisotopic (exact) mass is 292 g/mol. The van der Waals surface area contributed by atoms with Crippen molar-refractivity contribution < 1.29 is 18.2 Å². The minimum atomic E-state index is -0.786. The fourth-order valence-corrected chi connectivity index (χ4v) is 2.58. The van der Waals surface area contributed by atoms with Gasteiger partial charge in [-0.25, -0.2) is 0 Å². The van der Waals surface area contributed by atoms with Gasteiger partial charge >= 0.3 is 7.12 Å². The standard InChI is InChI=1S/C16H24BNO3/c1-15(2)16(3,4)21-17(20-15)14-7-5-6-13(18-14)12-8-10-19-11-9-12/h5-7,12H,8-11H2,1-4H3/i5D,6D,7D. The van der Waals surface area contributed by atoms with Crippen LogP contribution >= 0.6 is 0 Å². The highest BCUT2D eigenvalue weighted by atomic mass is 16.7. The molecule has 0 aromatic carbocycles. The third kappa shape index (κ3) is 2.87. The van der Waals surface area contributed by atoms with Gasteiger partial charge < -0.3 is 14.0 Å². The summed E-state index contributed by atoms with van der Waals surface area (Å²) in [5.74, 6) is 0.0807. The van der Waals surface area contributed by atoms with Crippen molar-refractivity contribution >= 4 is 12.7 Å². The third-order valence-corrected chi connectivity index (χ3v) is 4.71. The molecule has 1 aromatic rings. The number of pyridine rings is 1. The van der Waals surface area contributed by atoms with Gasteiger partial charge in [0.15, 0.2) is 0 Å². The first-order valence-corrected chi connectivity index (χ1v) is 7.55. The molecule has 2 fully saturated rings. The molecule has 0 spiro atoms. The predicted molar refractivity (Wildman–Crippen MR) is 82.7 cm³/mol. The fraction of sp³-hybridized carbons (Fsp3) is 0.688. The maximum Gasteiger partial charge on any atom is 0.514 e. The van der Waals surface area contributed by atoms with Crippen LogP contribution in [0.2, 0.25) is 0 Å². The Balaban J connectivity index is 2.01. The highest BCUT2D eigenvalue weighted by Crippen LogP contribution is 2.36. The van der Waals surface area contributed by atoms with Crippen LogP contribution in [0.25, 0.3) is 0 Å². The largest absolute Gasteiger partial charge is 0.514 e. The molecule has 21 heavy (non-hydrogen) atoms. The second-order valence-corrected chi connectivity index (χ2v) is 6.73. The normalized spacial score (nSPS) is 27.2. The van der Waals surface area contributed by atoms with Crippen LogP contribution in [0.1, 0.15) is 56.3 Å². The van der Waals surface area contributed by atoms with Crippen molar-refractivity contribution in [2.24, 2.45) is 0 Å². The van der Waals surface area contributed by atoms with Crippen LogP contribution in [0, 0.1) is 0 Å². The number of aromatic nitrogens is 1. The average Bonchev–Trinajstić information content (AvgIpc) is 2.74. The summed E-state index contributed by atoms with van der Waals surface area (Å²) in [7, 11) is -0.786. The summed E-state index contributed by atoms with van der Waals surface area (Å²) in [6, 6.07) is -0.169. The molecule has 0 unspecified atom stereocenters. The van der Waals surface area contributed by atoms with Gasteiger partial charge in [-0.3, -0.25) is 4.98 Å². The zero-order chi connectivity index (χ0) is 17.7. The van der Waals surface area contributed by atoms with E-state index in [0.717, 1.165) is 12.8 Å². The number of rotatable bonds is 2. The molecule has 2 aliphatic rings. The highest BCUT2D eigenvalue weighted by Gasteiger charge is 2.52. The smallest absolute Gasteiger partial charge is 0.398 e. The van der Waals surface area contributed by atoms with Gasteiger partial charge in [0.05, 0.1) is 20.9 Å². The molecule has 0 N–H and O–H groups in total. The number of ether oxygens (including phenoxy) is 1. The van der Waals surface area contributed by atoms with E-state index in [0.29, 0.717) is 24.5 Å². The van der Waals surface area contributed by atoms with Crippen molar-refractivity contribution in [3.05, 3.63) is 23.8 Å². The van der Waals surface area contributed by atoms with E-state index < -0.39 is 18.3 Å². The van der Waals surface area contributed by atoms with Gasteiger partial charge in [-0.05, 0) is 52.6 Å². The molecule has 3 heterocycles. The molecule has 0 aliphatic carbocycles. The second-order valence-electron chi connectivity index (χ2n) is 6.73. The molecule has 0 amide bonds. The Bertz CT molecular complexity index is 632. The van der Waals surface area contributed by atoms with Gasteiger partial charge in [0.2, 0.25) is 0 Å². The zero-order valence-corrected chi connectivity index (χ0v) is 13.2. The molecular weight excluding hydrogens is 265 g/mol. The third-order valence-electron chi connectivity index (χ3n) is 4.71. The van der Waals surface area contributed by atoms with E-state index in [9.17, 15) is 0 Å². The lowest BCUT2D eigenvalue weighted by molar-refractivity contribution is 0.00578. The second kappa shape index (κ2) is 5.38. The molecule has 0 atom stereocenters. The molecule has 0 radical (unpaired) electrons. The van der Waals surface area contributed by atoms with Crippen molar-refractivity contribution in [3.8, 4) is 0 Å². The number of hydrogen-bond donors (Lipinski definition) is 0. The van der Waals surface area contributed by atoms with E-state index in [1.807, 2.05) is 27.7 Å². The Morgan fingerprint density at radius 2 is 1.76 bits per heavy atom. The van der Waals surface area contributed by atoms with Crippen molar-refractivity contribution in [1.82, 2.24) is 4.98 Å². The SMILES string of the molecule is [2H]c1c(B2OC(C)(C)C(C)(C)O2)nc(C2CCOCC2)c([2H])c1[2H]. The molecule has 3 rings (SSSR count). The van der Waals surface area contributed by atoms with E-state index in [2.05, 4.69) is 4.98 Å². The quantitative estimate of drug-likeness (QED) is 0.784. The van der Waals surface area contributed by atoms with Crippen molar-refractivity contribution in [2.45, 2.75) is 57.7 Å². The van der Waals surface area contributed by atoms with E-state index in [4.69, 9.17) is 18.2 Å². The summed E-state index contributed by atoms with van der Waals surface area (Å²) < 4.78 is 41.9. The van der Waals surface area contributed by atoms with Gasteiger partial charge in [-0.2, -0.15) is 0 Å². The molecule has 5 heteroatoms. The Hall–Kier alpha value is -0.905. The van der Waals surface area contributed by atoms with Crippen LogP contribution < -0.4 is 5.59 Å². The Labute approximate surface area is 131 Å². The van der Waals surface area contributed by atoms with Crippen LogP contribution in [0.4, 0.5) is 0 Å². The van der Waals surface area contributed by atoms with Gasteiger partial charge in [-0.15, -0.1) is 0 Å². The number of hydrogen-bond acceptors (Lipinski definition) is 4. The minimum Gasteiger partial charge on any atom is -0.398 e. The summed E-state index contributed by atoms with van der Waals surface area (Å²) in [6.45, 7) is 9.03. The van der Waals surface area contributed by atoms with Crippen LogP contribution in [0.5, 0.6) is 0 Å². The number of nitrogens with zero attached hydrogens (tertiary/aromatic N) is 1. The first kappa shape index (κ1) is 11.6. The summed E-state index contributed by atoms with van der Waals surface area (Å²) in [6.07, 6.45) is 1.55. The van der Waals surface area contributed by atoms with E-state index in [-0.39, 0.29) is 24.0 Å². The van der Waals surface area contributed by atoms with E-state index >= 15 is 0 Å². The van der Waals surface area contributed by atoms with E-state index in [1.165, 1.54) is 0 Å². The van der Waals surface area contributed by atoms with Crippen LogP contribution in [-0.2, 0) is 14.0 Å². The van der Waals surface area contributed by atoms with Crippen LogP contribution in [-0.4, -0.2) is 36.5 Å². The topological polar surface area (TPSA) is 40.6 Å². The molecule has 0 bridgehead atoms. The Morgan fingerprint density at radius 3 is 2.38 bits per heavy atom. The van der Waals surface area contributed by atoms with Crippen LogP contribution in [0.3, 0.4) is 0 Å². The minimum absolute atomic E-state index is 0.0344. The van der Waals surface area contributed by atoms with Crippen molar-refractivity contribution in [2.75, 3.05) is 13.2 Å². The molecule has 0 saturated carbocycles. The van der Waals surface area contributed by atoms with Crippen molar-refractivity contribution in [3.63, 3.8) is 0 Å². The first-order valence-electron chi connectivity index (χ1n) is 9.05. The first-order chi connectivity index (χ1) is 11.1. The van der Waals surface area contributed by atoms with Gasteiger partial charge in [0.25, 0.3) is 0 Å². The van der Waals surface area contributed by atoms with Crippen LogP contribution in [0.15, 0.2) is 18.1 Å². The predicted octanol–water partition coefficient (Wildman–Crippen LogP) is 2.27. The molecular formula is C16H24BNO3. The van der Waals surface area contributed by atoms with Gasteiger partial charge in [0, 0.05) is 24.8 Å². The average molecular weight is 292 g/mol.